The summed E-state index contributed by atoms with van der Waals surface area (Å²) in [6.45, 7) is 1.09. The van der Waals surface area contributed by atoms with E-state index in [0.29, 0.717) is 0 Å². The quantitative estimate of drug-likeness (QED) is 0.687. The van der Waals surface area contributed by atoms with Crippen molar-refractivity contribution >= 4 is 12.2 Å². The number of nitrogens with zero attached hydrogens (tertiary/aromatic N) is 1. The summed E-state index contributed by atoms with van der Waals surface area (Å²) in [6.07, 6.45) is 8.07. The molecule has 0 aliphatic heterocycles. The molecule has 1 aromatic rings. The van der Waals surface area contributed by atoms with Crippen molar-refractivity contribution in [3.63, 3.8) is 0 Å². The molecule has 0 radical (unpaired) electrons. The van der Waals surface area contributed by atoms with Crippen molar-refractivity contribution in [2.45, 2.75) is 25.8 Å². The molecule has 0 saturated heterocycles. The molecule has 1 N–H and O–H groups in total. The van der Waals surface area contributed by atoms with Crippen LogP contribution in [-0.2, 0) is 6.54 Å². The Labute approximate surface area is 71.2 Å². The minimum atomic E-state index is 0.852. The van der Waals surface area contributed by atoms with Gasteiger partial charge >= 0.3 is 0 Å². The second-order valence-electron chi connectivity index (χ2n) is 3.19. The predicted octanol–water partition coefficient (Wildman–Crippen LogP) is 2.35. The summed E-state index contributed by atoms with van der Waals surface area (Å²) < 4.78 is 2.96. The van der Waals surface area contributed by atoms with Crippen LogP contribution >= 0.6 is 12.2 Å². The van der Waals surface area contributed by atoms with Gasteiger partial charge in [0.05, 0.1) is 0 Å². The fourth-order valence-electron chi connectivity index (χ4n) is 1.25. The molecule has 1 saturated carbocycles. The van der Waals surface area contributed by atoms with Crippen LogP contribution in [0.4, 0.5) is 0 Å². The van der Waals surface area contributed by atoms with Crippen molar-refractivity contribution in [1.29, 1.82) is 0 Å². The van der Waals surface area contributed by atoms with Gasteiger partial charge in [-0.2, -0.15) is 0 Å². The van der Waals surface area contributed by atoms with Crippen molar-refractivity contribution < 1.29 is 0 Å². The highest BCUT2D eigenvalue weighted by molar-refractivity contribution is 7.71. The fourth-order valence-corrected chi connectivity index (χ4v) is 1.47. The van der Waals surface area contributed by atoms with E-state index in [1.54, 1.807) is 0 Å². The zero-order valence-electron chi connectivity index (χ0n) is 6.42. The number of H-pyrrole nitrogens is 1. The van der Waals surface area contributed by atoms with Gasteiger partial charge < -0.3 is 9.55 Å². The van der Waals surface area contributed by atoms with Gasteiger partial charge in [-0.15, -0.1) is 0 Å². The molecule has 2 rings (SSSR count). The summed E-state index contributed by atoms with van der Waals surface area (Å²) >= 11 is 5.07. The molecule has 1 aromatic heterocycles. The Balaban J connectivity index is 1.94. The van der Waals surface area contributed by atoms with Crippen LogP contribution in [0.1, 0.15) is 19.3 Å². The lowest BCUT2D eigenvalue weighted by atomic mass is 10.3. The van der Waals surface area contributed by atoms with Gasteiger partial charge in [0.15, 0.2) is 4.77 Å². The van der Waals surface area contributed by atoms with E-state index in [1.807, 2.05) is 12.4 Å². The van der Waals surface area contributed by atoms with Gasteiger partial charge in [0.1, 0.15) is 0 Å². The Kier molecular flexibility index (Phi) is 1.82. The number of imidazole rings is 1. The third-order valence-electron chi connectivity index (χ3n) is 2.20. The Bertz CT molecular complexity index is 282. The number of aryl methyl sites for hydroxylation is 1. The molecule has 0 aromatic carbocycles. The first kappa shape index (κ1) is 7.10. The van der Waals surface area contributed by atoms with E-state index in [2.05, 4.69) is 9.55 Å². The highest BCUT2D eigenvalue weighted by Crippen LogP contribution is 2.32. The largest absolute Gasteiger partial charge is 0.337 e. The van der Waals surface area contributed by atoms with Crippen molar-refractivity contribution in [1.82, 2.24) is 9.55 Å². The molecular formula is C8H12N2S. The van der Waals surface area contributed by atoms with E-state index in [0.717, 1.165) is 17.2 Å². The van der Waals surface area contributed by atoms with Gasteiger partial charge in [0.2, 0.25) is 0 Å². The number of hydrogen-bond acceptors (Lipinski definition) is 1. The Morgan fingerprint density at radius 2 is 2.45 bits per heavy atom. The number of rotatable bonds is 3. The van der Waals surface area contributed by atoms with E-state index >= 15 is 0 Å². The van der Waals surface area contributed by atoms with Gasteiger partial charge in [-0.3, -0.25) is 0 Å². The fraction of sp³-hybridized carbons (Fsp3) is 0.625. The van der Waals surface area contributed by atoms with Crippen molar-refractivity contribution in [3.8, 4) is 0 Å². The van der Waals surface area contributed by atoms with Crippen LogP contribution in [0.3, 0.4) is 0 Å². The molecule has 2 nitrogen and oxygen atoms in total. The molecule has 1 fully saturated rings. The van der Waals surface area contributed by atoms with E-state index in [4.69, 9.17) is 12.2 Å². The summed E-state index contributed by atoms with van der Waals surface area (Å²) in [6, 6.07) is 0. The molecule has 0 unspecified atom stereocenters. The first-order valence-corrected chi connectivity index (χ1v) is 4.51. The molecule has 11 heavy (non-hydrogen) atoms. The Morgan fingerprint density at radius 3 is 3.00 bits per heavy atom. The maximum Gasteiger partial charge on any atom is 0.177 e. The maximum atomic E-state index is 5.07. The lowest BCUT2D eigenvalue weighted by Crippen LogP contribution is -1.96. The molecule has 1 heterocycles. The molecule has 0 bridgehead atoms. The maximum absolute atomic E-state index is 5.07. The highest BCUT2D eigenvalue weighted by atomic mass is 32.1. The van der Waals surface area contributed by atoms with E-state index in [-0.39, 0.29) is 0 Å². The molecule has 0 atom stereocenters. The third kappa shape index (κ3) is 1.71. The molecule has 0 amide bonds. The van der Waals surface area contributed by atoms with Crippen LogP contribution in [0.25, 0.3) is 0 Å². The van der Waals surface area contributed by atoms with Crippen LogP contribution < -0.4 is 0 Å². The molecule has 1 aliphatic rings. The lowest BCUT2D eigenvalue weighted by Gasteiger charge is -1.98. The van der Waals surface area contributed by atoms with Gasteiger partial charge in [0.25, 0.3) is 0 Å². The number of aromatic nitrogens is 2. The minimum Gasteiger partial charge on any atom is -0.337 e. The standard InChI is InChI=1S/C8H12N2S/c11-8-9-4-6-10(8)5-3-7-1-2-7/h4,6-7H,1-3,5H2,(H,9,11). The van der Waals surface area contributed by atoms with Gasteiger partial charge in [-0.1, -0.05) is 12.8 Å². The zero-order valence-corrected chi connectivity index (χ0v) is 7.23. The molecule has 60 valence electrons. The summed E-state index contributed by atoms with van der Waals surface area (Å²) in [5.74, 6) is 0.992. The van der Waals surface area contributed by atoms with Gasteiger partial charge in [0, 0.05) is 18.9 Å². The Hall–Kier alpha value is -0.570. The number of hydrogen-bond donors (Lipinski definition) is 1. The van der Waals surface area contributed by atoms with Gasteiger partial charge in [-0.25, -0.2) is 0 Å². The molecule has 0 spiro atoms. The van der Waals surface area contributed by atoms with E-state index < -0.39 is 0 Å². The average molecular weight is 168 g/mol. The summed E-state index contributed by atoms with van der Waals surface area (Å²) in [7, 11) is 0. The first-order valence-electron chi connectivity index (χ1n) is 4.10. The SMILES string of the molecule is S=c1[nH]ccn1CCC1CC1. The molecule has 1 aliphatic carbocycles. The minimum absolute atomic E-state index is 0.852. The number of aromatic amines is 1. The highest BCUT2D eigenvalue weighted by Gasteiger charge is 2.20. The molecule has 3 heteroatoms. The van der Waals surface area contributed by atoms with Crippen molar-refractivity contribution in [2.24, 2.45) is 5.92 Å². The van der Waals surface area contributed by atoms with Crippen LogP contribution in [0, 0.1) is 10.7 Å². The topological polar surface area (TPSA) is 20.7 Å². The first-order chi connectivity index (χ1) is 5.36. The van der Waals surface area contributed by atoms with Crippen molar-refractivity contribution in [3.05, 3.63) is 17.2 Å². The second-order valence-corrected chi connectivity index (χ2v) is 3.58. The molecular weight excluding hydrogens is 156 g/mol. The van der Waals surface area contributed by atoms with Gasteiger partial charge in [-0.05, 0) is 24.6 Å². The normalized spacial score (nSPS) is 17.1. The Morgan fingerprint density at radius 1 is 1.64 bits per heavy atom. The van der Waals surface area contributed by atoms with E-state index in [1.165, 1.54) is 19.3 Å². The van der Waals surface area contributed by atoms with Crippen LogP contribution in [-0.4, -0.2) is 9.55 Å². The van der Waals surface area contributed by atoms with E-state index in [9.17, 15) is 0 Å². The van der Waals surface area contributed by atoms with Crippen molar-refractivity contribution in [2.75, 3.05) is 0 Å². The zero-order chi connectivity index (χ0) is 7.68. The smallest absolute Gasteiger partial charge is 0.177 e. The summed E-state index contributed by atoms with van der Waals surface area (Å²) in [5, 5.41) is 0. The van der Waals surface area contributed by atoms with Crippen LogP contribution in [0.15, 0.2) is 12.4 Å². The van der Waals surface area contributed by atoms with Crippen LogP contribution in [0.5, 0.6) is 0 Å². The second kappa shape index (κ2) is 2.81. The number of nitrogens with one attached hydrogen (secondary N) is 1. The monoisotopic (exact) mass is 168 g/mol. The third-order valence-corrected chi connectivity index (χ3v) is 2.55. The average Bonchev–Trinajstić information content (AvgIpc) is 2.73. The summed E-state index contributed by atoms with van der Waals surface area (Å²) in [4.78, 5) is 2.99. The predicted molar refractivity (Wildman–Crippen MR) is 47.0 cm³/mol. The van der Waals surface area contributed by atoms with Crippen LogP contribution in [0.2, 0.25) is 0 Å². The lowest BCUT2D eigenvalue weighted by molar-refractivity contribution is 0.591. The summed E-state index contributed by atoms with van der Waals surface area (Å²) in [5.41, 5.74) is 0.